The van der Waals surface area contributed by atoms with Crippen LogP contribution in [0.3, 0.4) is 0 Å². The number of para-hydroxylation sites is 1. The Morgan fingerprint density at radius 1 is 0.944 bits per heavy atom. The smallest absolute Gasteiger partial charge is 0.129 e. The Kier molecular flexibility index (Phi) is 5.24. The Labute approximate surface area is 117 Å². The first kappa shape index (κ1) is 13.1. The fourth-order valence-corrected chi connectivity index (χ4v) is 2.34. The summed E-state index contributed by atoms with van der Waals surface area (Å²) in [6, 6.07) is 20.1. The monoisotopic (exact) mass is 274 g/mol. The lowest BCUT2D eigenvalue weighted by molar-refractivity contribution is 0.381. The quantitative estimate of drug-likeness (QED) is 0.751. The molecule has 1 nitrogen and oxygen atoms in total. The molecule has 2 aromatic carbocycles. The second-order valence-electron chi connectivity index (χ2n) is 3.75. The van der Waals surface area contributed by atoms with Gasteiger partial charge in [-0.15, -0.1) is 11.8 Å². The van der Waals surface area contributed by atoms with Gasteiger partial charge < -0.3 is 4.74 Å². The van der Waals surface area contributed by atoms with Crippen LogP contribution < -0.4 is 4.74 Å². The zero-order valence-corrected chi connectivity index (χ0v) is 11.5. The third-order valence-corrected chi connectivity index (χ3v) is 3.73. The number of ether oxygens (including phenoxy) is 1. The minimum atomic E-state index is 0.483. The van der Waals surface area contributed by atoms with Gasteiger partial charge in [0, 0.05) is 5.75 Å². The summed E-state index contributed by atoms with van der Waals surface area (Å²) in [6.45, 7) is 0.483. The Hall–Kier alpha value is -1.32. The molecule has 0 fully saturated rings. The fourth-order valence-electron chi connectivity index (χ4n) is 1.44. The van der Waals surface area contributed by atoms with Crippen LogP contribution in [0.4, 0.5) is 0 Å². The minimum absolute atomic E-state index is 0.483. The normalized spacial score (nSPS) is 10.0. The van der Waals surface area contributed by atoms with Gasteiger partial charge in [0.1, 0.15) is 12.4 Å². The predicted molar refractivity (Wildman–Crippen MR) is 82.3 cm³/mol. The molecule has 0 heterocycles. The van der Waals surface area contributed by atoms with Gasteiger partial charge in [-0.25, -0.2) is 0 Å². The van der Waals surface area contributed by atoms with Gasteiger partial charge in [-0.2, -0.15) is 0 Å². The highest BCUT2D eigenvalue weighted by Gasteiger charge is 2.00. The Bertz CT molecular complexity index is 437. The largest absolute Gasteiger partial charge is 0.487 e. The standard InChI is InChI=1S/C15H14OS2/c17-15(11-16-14-9-5-2-6-10-14)18-12-13-7-3-1-4-8-13/h1-10H,11-12H2. The first-order valence-corrected chi connectivity index (χ1v) is 7.11. The van der Waals surface area contributed by atoms with Crippen LogP contribution in [0.5, 0.6) is 5.75 Å². The topological polar surface area (TPSA) is 9.23 Å². The molecular weight excluding hydrogens is 260 g/mol. The van der Waals surface area contributed by atoms with E-state index < -0.39 is 0 Å². The molecule has 0 radical (unpaired) electrons. The van der Waals surface area contributed by atoms with E-state index in [0.29, 0.717) is 6.61 Å². The van der Waals surface area contributed by atoms with Crippen molar-refractivity contribution in [2.75, 3.05) is 6.61 Å². The van der Waals surface area contributed by atoms with Crippen LogP contribution in [0.25, 0.3) is 0 Å². The van der Waals surface area contributed by atoms with Gasteiger partial charge in [-0.05, 0) is 17.7 Å². The third-order valence-electron chi connectivity index (χ3n) is 2.34. The second-order valence-corrected chi connectivity index (χ2v) is 5.57. The van der Waals surface area contributed by atoms with Crippen molar-refractivity contribution in [1.82, 2.24) is 0 Å². The number of thioether (sulfide) groups is 1. The molecule has 18 heavy (non-hydrogen) atoms. The summed E-state index contributed by atoms with van der Waals surface area (Å²) in [4.78, 5) is 0. The molecule has 92 valence electrons. The highest BCUT2D eigenvalue weighted by Crippen LogP contribution is 2.15. The van der Waals surface area contributed by atoms with Crippen molar-refractivity contribution in [2.45, 2.75) is 5.75 Å². The minimum Gasteiger partial charge on any atom is -0.487 e. The molecule has 0 unspecified atom stereocenters. The summed E-state index contributed by atoms with van der Waals surface area (Å²) in [5.41, 5.74) is 1.28. The fraction of sp³-hybridized carbons (Fsp3) is 0.133. The molecule has 0 saturated heterocycles. The molecule has 0 aromatic heterocycles. The molecule has 0 N–H and O–H groups in total. The SMILES string of the molecule is S=C(COc1ccccc1)SCc1ccccc1. The molecule has 3 heteroatoms. The summed E-state index contributed by atoms with van der Waals surface area (Å²) in [6.07, 6.45) is 0. The average Bonchev–Trinajstić information content (AvgIpc) is 2.45. The van der Waals surface area contributed by atoms with Gasteiger partial charge in [0.05, 0.1) is 4.20 Å². The zero-order valence-electron chi connectivity index (χ0n) is 9.91. The van der Waals surface area contributed by atoms with E-state index in [2.05, 4.69) is 12.1 Å². The van der Waals surface area contributed by atoms with Gasteiger partial charge in [0.2, 0.25) is 0 Å². The van der Waals surface area contributed by atoms with Crippen molar-refractivity contribution < 1.29 is 4.74 Å². The summed E-state index contributed by atoms with van der Waals surface area (Å²) >= 11 is 6.95. The summed E-state index contributed by atoms with van der Waals surface area (Å²) in [7, 11) is 0. The summed E-state index contributed by atoms with van der Waals surface area (Å²) in [5, 5.41) is 0. The lowest BCUT2D eigenvalue weighted by atomic mass is 10.2. The maximum Gasteiger partial charge on any atom is 0.129 e. The highest BCUT2D eigenvalue weighted by molar-refractivity contribution is 8.22. The molecule has 2 aromatic rings. The number of hydrogen-bond donors (Lipinski definition) is 0. The first-order chi connectivity index (χ1) is 8.84. The molecule has 0 aliphatic heterocycles. The van der Waals surface area contributed by atoms with Crippen molar-refractivity contribution in [2.24, 2.45) is 0 Å². The van der Waals surface area contributed by atoms with E-state index in [1.807, 2.05) is 48.5 Å². The van der Waals surface area contributed by atoms with Crippen LogP contribution in [0.15, 0.2) is 60.7 Å². The van der Waals surface area contributed by atoms with E-state index >= 15 is 0 Å². The first-order valence-electron chi connectivity index (χ1n) is 5.72. The maximum absolute atomic E-state index is 5.59. The van der Waals surface area contributed by atoms with Crippen LogP contribution >= 0.6 is 24.0 Å². The van der Waals surface area contributed by atoms with Gasteiger partial charge in [0.25, 0.3) is 0 Å². The van der Waals surface area contributed by atoms with Gasteiger partial charge in [0.15, 0.2) is 0 Å². The lowest BCUT2D eigenvalue weighted by Gasteiger charge is -2.06. The molecule has 0 atom stereocenters. The lowest BCUT2D eigenvalue weighted by Crippen LogP contribution is -2.05. The van der Waals surface area contributed by atoms with E-state index in [1.54, 1.807) is 11.8 Å². The summed E-state index contributed by atoms with van der Waals surface area (Å²) < 4.78 is 6.47. The van der Waals surface area contributed by atoms with Gasteiger partial charge in [-0.1, -0.05) is 60.7 Å². The molecule has 0 bridgehead atoms. The van der Waals surface area contributed by atoms with Crippen LogP contribution in [-0.4, -0.2) is 10.8 Å². The molecule has 2 rings (SSSR count). The van der Waals surface area contributed by atoms with Crippen LogP contribution in [-0.2, 0) is 5.75 Å². The summed E-state index contributed by atoms with van der Waals surface area (Å²) in [5.74, 6) is 1.76. The zero-order chi connectivity index (χ0) is 12.6. The van der Waals surface area contributed by atoms with E-state index in [0.717, 1.165) is 15.7 Å². The van der Waals surface area contributed by atoms with Gasteiger partial charge in [-0.3, -0.25) is 0 Å². The molecule has 0 spiro atoms. The Morgan fingerprint density at radius 3 is 2.22 bits per heavy atom. The average molecular weight is 274 g/mol. The maximum atomic E-state index is 5.59. The Balaban J connectivity index is 1.73. The van der Waals surface area contributed by atoms with Crippen LogP contribution in [0.1, 0.15) is 5.56 Å². The van der Waals surface area contributed by atoms with Crippen LogP contribution in [0.2, 0.25) is 0 Å². The third kappa shape index (κ3) is 4.51. The van der Waals surface area contributed by atoms with Crippen molar-refractivity contribution in [3.8, 4) is 5.75 Å². The number of rotatable bonds is 5. The van der Waals surface area contributed by atoms with Crippen molar-refractivity contribution in [1.29, 1.82) is 0 Å². The van der Waals surface area contributed by atoms with E-state index in [1.165, 1.54) is 5.56 Å². The molecule has 0 saturated carbocycles. The van der Waals surface area contributed by atoms with Crippen molar-refractivity contribution in [3.05, 3.63) is 66.2 Å². The molecule has 0 amide bonds. The number of hydrogen-bond acceptors (Lipinski definition) is 3. The molecule has 0 aliphatic rings. The second kappa shape index (κ2) is 7.19. The van der Waals surface area contributed by atoms with Crippen molar-refractivity contribution in [3.63, 3.8) is 0 Å². The number of thiocarbonyl (C=S) groups is 1. The van der Waals surface area contributed by atoms with Crippen molar-refractivity contribution >= 4 is 28.2 Å². The van der Waals surface area contributed by atoms with E-state index in [9.17, 15) is 0 Å². The molecular formula is C15H14OS2. The molecule has 0 aliphatic carbocycles. The highest BCUT2D eigenvalue weighted by atomic mass is 32.2. The Morgan fingerprint density at radius 2 is 1.56 bits per heavy atom. The van der Waals surface area contributed by atoms with E-state index in [-0.39, 0.29) is 0 Å². The van der Waals surface area contributed by atoms with Gasteiger partial charge >= 0.3 is 0 Å². The predicted octanol–water partition coefficient (Wildman–Crippen LogP) is 4.33. The van der Waals surface area contributed by atoms with Crippen LogP contribution in [0, 0.1) is 0 Å². The number of benzene rings is 2. The van der Waals surface area contributed by atoms with E-state index in [4.69, 9.17) is 17.0 Å².